The van der Waals surface area contributed by atoms with Gasteiger partial charge in [0.15, 0.2) is 11.5 Å². The van der Waals surface area contributed by atoms with Crippen LogP contribution in [0.1, 0.15) is 11.1 Å². The highest BCUT2D eigenvalue weighted by molar-refractivity contribution is 9.10. The van der Waals surface area contributed by atoms with Gasteiger partial charge in [0.2, 0.25) is 0 Å². The van der Waals surface area contributed by atoms with Crippen molar-refractivity contribution in [2.24, 2.45) is 0 Å². The summed E-state index contributed by atoms with van der Waals surface area (Å²) in [5.41, 5.74) is 5.63. The highest BCUT2D eigenvalue weighted by Gasteiger charge is 2.25. The van der Waals surface area contributed by atoms with Crippen LogP contribution >= 0.6 is 15.9 Å². The molecule has 0 aliphatic carbocycles. The second-order valence-corrected chi connectivity index (χ2v) is 6.77. The van der Waals surface area contributed by atoms with E-state index in [2.05, 4.69) is 95.3 Å². The summed E-state index contributed by atoms with van der Waals surface area (Å²) in [5.74, 6) is 1.79. The first-order valence-electron chi connectivity index (χ1n) is 7.57. The van der Waals surface area contributed by atoms with Gasteiger partial charge in [-0.05, 0) is 73.5 Å². The summed E-state index contributed by atoms with van der Waals surface area (Å²) in [7, 11) is 0. The van der Waals surface area contributed by atoms with Crippen LogP contribution in [-0.2, 0) is 0 Å². The van der Waals surface area contributed by atoms with E-state index in [-0.39, 0.29) is 0 Å². The predicted molar refractivity (Wildman–Crippen MR) is 98.4 cm³/mol. The van der Waals surface area contributed by atoms with Gasteiger partial charge >= 0.3 is 0 Å². The van der Waals surface area contributed by atoms with E-state index in [1.807, 2.05) is 0 Å². The summed E-state index contributed by atoms with van der Waals surface area (Å²) in [5, 5.41) is 0. The number of hydrogen-bond donors (Lipinski definition) is 0. The van der Waals surface area contributed by atoms with E-state index in [1.54, 1.807) is 0 Å². The Kier molecular flexibility index (Phi) is 3.38. The van der Waals surface area contributed by atoms with Crippen molar-refractivity contribution in [2.75, 3.05) is 4.90 Å². The Morgan fingerprint density at radius 1 is 0.739 bits per heavy atom. The quantitative estimate of drug-likeness (QED) is 0.374. The highest BCUT2D eigenvalue weighted by atomic mass is 79.9. The fourth-order valence-corrected chi connectivity index (χ4v) is 3.16. The summed E-state index contributed by atoms with van der Waals surface area (Å²) in [4.78, 5) is 2.25. The van der Waals surface area contributed by atoms with Gasteiger partial charge in [0.05, 0.1) is 11.4 Å². The van der Waals surface area contributed by atoms with Crippen LogP contribution in [0.3, 0.4) is 0 Å². The molecule has 3 aromatic carbocycles. The van der Waals surface area contributed by atoms with Crippen molar-refractivity contribution < 1.29 is 4.74 Å². The smallest absolute Gasteiger partial charge is 0.151 e. The van der Waals surface area contributed by atoms with E-state index in [4.69, 9.17) is 4.74 Å². The zero-order valence-corrected chi connectivity index (χ0v) is 14.6. The average molecular weight is 366 g/mol. The fourth-order valence-electron chi connectivity index (χ4n) is 2.89. The standard InChI is InChI=1S/C20H16BrNO/c1-13-3-9-17-19(11-13)23-20-12-14(2)4-10-18(20)22(17)16-7-5-15(21)6-8-16/h3-12H,1-2H3. The van der Waals surface area contributed by atoms with E-state index in [0.29, 0.717) is 0 Å². The molecule has 4 rings (SSSR count). The first kappa shape index (κ1) is 14.3. The van der Waals surface area contributed by atoms with Crippen LogP contribution in [0.4, 0.5) is 17.1 Å². The molecule has 3 heteroatoms. The van der Waals surface area contributed by atoms with Gasteiger partial charge in [-0.15, -0.1) is 0 Å². The first-order chi connectivity index (χ1) is 11.1. The molecule has 23 heavy (non-hydrogen) atoms. The Hall–Kier alpha value is -2.26. The highest BCUT2D eigenvalue weighted by Crippen LogP contribution is 2.50. The number of anilines is 3. The lowest BCUT2D eigenvalue weighted by molar-refractivity contribution is 0.476. The number of ether oxygens (including phenoxy) is 1. The number of aryl methyl sites for hydroxylation is 2. The molecule has 0 bridgehead atoms. The Morgan fingerprint density at radius 2 is 1.26 bits per heavy atom. The molecule has 0 amide bonds. The third kappa shape index (κ3) is 2.51. The molecule has 0 saturated carbocycles. The van der Waals surface area contributed by atoms with Crippen LogP contribution in [-0.4, -0.2) is 0 Å². The van der Waals surface area contributed by atoms with Gasteiger partial charge in [0, 0.05) is 10.2 Å². The Morgan fingerprint density at radius 3 is 1.78 bits per heavy atom. The SMILES string of the molecule is Cc1ccc2c(c1)Oc1cc(C)ccc1N2c1ccc(Br)cc1. The van der Waals surface area contributed by atoms with Crippen molar-refractivity contribution in [1.82, 2.24) is 0 Å². The van der Waals surface area contributed by atoms with E-state index in [1.165, 1.54) is 11.1 Å². The second-order valence-electron chi connectivity index (χ2n) is 5.86. The lowest BCUT2D eigenvalue weighted by Crippen LogP contribution is -2.15. The molecular formula is C20H16BrNO. The van der Waals surface area contributed by atoms with Crippen molar-refractivity contribution in [3.05, 3.63) is 76.3 Å². The molecule has 1 aliphatic rings. The topological polar surface area (TPSA) is 12.5 Å². The molecule has 0 unspecified atom stereocenters. The van der Waals surface area contributed by atoms with Gasteiger partial charge in [-0.1, -0.05) is 28.1 Å². The minimum absolute atomic E-state index is 0.894. The van der Waals surface area contributed by atoms with Gasteiger partial charge in [0.1, 0.15) is 0 Å². The van der Waals surface area contributed by atoms with Crippen LogP contribution < -0.4 is 9.64 Å². The molecule has 3 aromatic rings. The van der Waals surface area contributed by atoms with Gasteiger partial charge in [-0.2, -0.15) is 0 Å². The summed E-state index contributed by atoms with van der Waals surface area (Å²) >= 11 is 3.51. The van der Waals surface area contributed by atoms with Crippen LogP contribution in [0.2, 0.25) is 0 Å². The molecule has 0 aromatic heterocycles. The fraction of sp³-hybridized carbons (Fsp3) is 0.100. The van der Waals surface area contributed by atoms with Crippen molar-refractivity contribution in [2.45, 2.75) is 13.8 Å². The number of fused-ring (bicyclic) bond motifs is 2. The molecule has 0 atom stereocenters. The second kappa shape index (κ2) is 5.43. The van der Waals surface area contributed by atoms with Crippen molar-refractivity contribution in [3.8, 4) is 11.5 Å². The normalized spacial score (nSPS) is 12.4. The van der Waals surface area contributed by atoms with E-state index in [0.717, 1.165) is 33.0 Å². The van der Waals surface area contributed by atoms with Crippen molar-refractivity contribution in [1.29, 1.82) is 0 Å². The lowest BCUT2D eigenvalue weighted by atomic mass is 10.1. The van der Waals surface area contributed by atoms with E-state index >= 15 is 0 Å². The zero-order chi connectivity index (χ0) is 16.0. The van der Waals surface area contributed by atoms with Crippen molar-refractivity contribution in [3.63, 3.8) is 0 Å². The van der Waals surface area contributed by atoms with Gasteiger partial charge in [0.25, 0.3) is 0 Å². The number of hydrogen-bond acceptors (Lipinski definition) is 2. The molecule has 0 N–H and O–H groups in total. The predicted octanol–water partition coefficient (Wildman–Crippen LogP) is 6.64. The molecular weight excluding hydrogens is 350 g/mol. The number of benzene rings is 3. The Labute approximate surface area is 144 Å². The lowest BCUT2D eigenvalue weighted by Gasteiger charge is -2.33. The van der Waals surface area contributed by atoms with Gasteiger partial charge < -0.3 is 9.64 Å². The first-order valence-corrected chi connectivity index (χ1v) is 8.36. The summed E-state index contributed by atoms with van der Waals surface area (Å²) in [6, 6.07) is 21.0. The monoisotopic (exact) mass is 365 g/mol. The van der Waals surface area contributed by atoms with Crippen LogP contribution in [0.5, 0.6) is 11.5 Å². The van der Waals surface area contributed by atoms with Gasteiger partial charge in [-0.3, -0.25) is 0 Å². The molecule has 1 heterocycles. The Bertz CT molecular complexity index is 835. The number of halogens is 1. The minimum Gasteiger partial charge on any atom is -0.453 e. The average Bonchev–Trinajstić information content (AvgIpc) is 2.53. The minimum atomic E-state index is 0.894. The summed E-state index contributed by atoms with van der Waals surface area (Å²) in [6.07, 6.45) is 0. The summed E-state index contributed by atoms with van der Waals surface area (Å²) in [6.45, 7) is 4.17. The molecule has 1 aliphatic heterocycles. The molecule has 0 spiro atoms. The molecule has 0 radical (unpaired) electrons. The Balaban J connectivity index is 1.95. The van der Waals surface area contributed by atoms with Crippen molar-refractivity contribution >= 4 is 33.0 Å². The summed E-state index contributed by atoms with van der Waals surface area (Å²) < 4.78 is 7.24. The van der Waals surface area contributed by atoms with Crippen LogP contribution in [0, 0.1) is 13.8 Å². The van der Waals surface area contributed by atoms with Gasteiger partial charge in [-0.25, -0.2) is 0 Å². The maximum atomic E-state index is 6.16. The van der Waals surface area contributed by atoms with Crippen LogP contribution in [0.25, 0.3) is 0 Å². The molecule has 0 fully saturated rings. The molecule has 114 valence electrons. The van der Waals surface area contributed by atoms with E-state index < -0.39 is 0 Å². The molecule has 2 nitrogen and oxygen atoms in total. The largest absolute Gasteiger partial charge is 0.453 e. The molecule has 0 saturated heterocycles. The maximum Gasteiger partial charge on any atom is 0.151 e. The number of rotatable bonds is 1. The zero-order valence-electron chi connectivity index (χ0n) is 13.0. The third-order valence-corrected chi connectivity index (χ3v) is 4.55. The third-order valence-electron chi connectivity index (χ3n) is 4.02. The van der Waals surface area contributed by atoms with Crippen LogP contribution in [0.15, 0.2) is 65.1 Å². The maximum absolute atomic E-state index is 6.16. The van der Waals surface area contributed by atoms with E-state index in [9.17, 15) is 0 Å². The number of nitrogens with zero attached hydrogens (tertiary/aromatic N) is 1.